The molecule has 1 amide bonds. The summed E-state index contributed by atoms with van der Waals surface area (Å²) >= 11 is 0. The van der Waals surface area contributed by atoms with Crippen molar-refractivity contribution >= 4 is 35.6 Å². The van der Waals surface area contributed by atoms with Crippen molar-refractivity contribution in [3.05, 3.63) is 72.6 Å². The number of rotatable bonds is 3. The summed E-state index contributed by atoms with van der Waals surface area (Å²) in [6.07, 6.45) is 1.53. The maximum absolute atomic E-state index is 11.6. The largest absolute Gasteiger partial charge is 0.280 e. The van der Waals surface area contributed by atoms with E-state index in [-0.39, 0.29) is 18.3 Å². The Morgan fingerprint density at radius 1 is 1.05 bits per heavy atom. The number of nitrogens with zero attached hydrogens (tertiary/aromatic N) is 2. The molecule has 106 valence electrons. The fourth-order valence-electron chi connectivity index (χ4n) is 1.63. The highest BCUT2D eigenvalue weighted by Gasteiger charge is 2.06. The smallest absolute Gasteiger partial charge is 0.228 e. The Kier molecular flexibility index (Phi) is 6.73. The number of carbonyl (C=O) groups excluding carboxylic acids is 1. The first-order valence-electron chi connectivity index (χ1n) is 6.22. The second kappa shape index (κ2) is 8.57. The molecule has 0 saturated heterocycles. The number of hydrogen-bond donors (Lipinski definition) is 0. The Labute approximate surface area is 130 Å². The Bertz CT molecular complexity index is 670. The molecule has 0 aromatic heterocycles. The summed E-state index contributed by atoms with van der Waals surface area (Å²) in [5.74, 6) is 2.59. The molecule has 0 aliphatic carbocycles. The van der Waals surface area contributed by atoms with Crippen LogP contribution in [0.3, 0.4) is 0 Å². The maximum atomic E-state index is 11.6. The van der Waals surface area contributed by atoms with Gasteiger partial charge in [0.2, 0.25) is 5.91 Å². The van der Waals surface area contributed by atoms with Gasteiger partial charge in [0.25, 0.3) is 0 Å². The van der Waals surface area contributed by atoms with Crippen molar-refractivity contribution in [3.63, 3.8) is 0 Å². The molecule has 0 radical (unpaired) electrons. The zero-order valence-electron chi connectivity index (χ0n) is 11.6. The van der Waals surface area contributed by atoms with Crippen LogP contribution in [0.2, 0.25) is 0 Å². The van der Waals surface area contributed by atoms with Crippen molar-refractivity contribution in [2.45, 2.75) is 6.92 Å². The van der Waals surface area contributed by atoms with Crippen molar-refractivity contribution in [3.8, 4) is 0 Å². The Morgan fingerprint density at radius 3 is 2.19 bits per heavy atom. The molecule has 0 bridgehead atoms. The van der Waals surface area contributed by atoms with Crippen LogP contribution < -0.4 is 4.90 Å². The van der Waals surface area contributed by atoms with Gasteiger partial charge in [0.15, 0.2) is 0 Å². The van der Waals surface area contributed by atoms with Crippen LogP contribution in [0.15, 0.2) is 77.6 Å². The van der Waals surface area contributed by atoms with Gasteiger partial charge >= 0.3 is 0 Å². The van der Waals surface area contributed by atoms with E-state index in [0.29, 0.717) is 0 Å². The summed E-state index contributed by atoms with van der Waals surface area (Å²) in [5, 5.41) is 0. The predicted octanol–water partition coefficient (Wildman–Crippen LogP) is 4.13. The number of hydrogen-bond acceptors (Lipinski definition) is 2. The topological polar surface area (TPSA) is 32.7 Å². The molecule has 0 unspecified atom stereocenters. The number of benzene rings is 2. The highest BCUT2D eigenvalue weighted by Crippen LogP contribution is 2.13. The third-order valence-corrected chi connectivity index (χ3v) is 2.57. The van der Waals surface area contributed by atoms with Crippen molar-refractivity contribution in [2.75, 3.05) is 4.90 Å². The minimum atomic E-state index is -0.0924. The fraction of sp³-hybridized carbons (Fsp3) is 0.0588. The van der Waals surface area contributed by atoms with Gasteiger partial charge in [0.05, 0.1) is 11.9 Å². The monoisotopic (exact) mass is 298 g/mol. The zero-order chi connectivity index (χ0) is 14.2. The van der Waals surface area contributed by atoms with Gasteiger partial charge in [-0.2, -0.15) is 4.99 Å². The van der Waals surface area contributed by atoms with Crippen LogP contribution in [-0.4, -0.2) is 11.8 Å². The normalized spacial score (nSPS) is 8.62. The van der Waals surface area contributed by atoms with E-state index in [4.69, 9.17) is 0 Å². The van der Waals surface area contributed by atoms with Crippen LogP contribution >= 0.6 is 12.4 Å². The molecule has 4 heteroatoms. The van der Waals surface area contributed by atoms with E-state index < -0.39 is 0 Å². The highest BCUT2D eigenvalue weighted by atomic mass is 35.5. The van der Waals surface area contributed by atoms with E-state index in [1.165, 1.54) is 18.0 Å². The van der Waals surface area contributed by atoms with Gasteiger partial charge in [-0.3, -0.25) is 9.69 Å². The summed E-state index contributed by atoms with van der Waals surface area (Å²) in [5.41, 5.74) is 4.36. The molecule has 3 nitrogen and oxygen atoms in total. The summed E-state index contributed by atoms with van der Waals surface area (Å²) < 4.78 is 0. The minimum Gasteiger partial charge on any atom is -0.280 e. The maximum Gasteiger partial charge on any atom is 0.228 e. The lowest BCUT2D eigenvalue weighted by atomic mass is 10.3. The quantitative estimate of drug-likeness (QED) is 0.619. The van der Waals surface area contributed by atoms with Crippen LogP contribution in [0.1, 0.15) is 6.92 Å². The summed E-state index contributed by atoms with van der Waals surface area (Å²) in [6, 6.07) is 18.8. The van der Waals surface area contributed by atoms with Crippen molar-refractivity contribution in [1.82, 2.24) is 0 Å². The van der Waals surface area contributed by atoms with Gasteiger partial charge < -0.3 is 0 Å². The average molecular weight is 299 g/mol. The third-order valence-electron chi connectivity index (χ3n) is 2.57. The summed E-state index contributed by atoms with van der Waals surface area (Å²) in [4.78, 5) is 17.2. The van der Waals surface area contributed by atoms with Crippen LogP contribution in [0.5, 0.6) is 0 Å². The number of para-hydroxylation sites is 2. The van der Waals surface area contributed by atoms with Crippen molar-refractivity contribution in [1.29, 1.82) is 0 Å². The molecule has 0 saturated carbocycles. The molecule has 2 aromatic carbocycles. The molecule has 2 aromatic rings. The van der Waals surface area contributed by atoms with Crippen molar-refractivity contribution in [2.24, 2.45) is 4.99 Å². The fourth-order valence-corrected chi connectivity index (χ4v) is 1.63. The first kappa shape index (κ1) is 16.5. The van der Waals surface area contributed by atoms with Gasteiger partial charge in [-0.1, -0.05) is 36.4 Å². The number of halogens is 1. The lowest BCUT2D eigenvalue weighted by Crippen LogP contribution is -2.21. The average Bonchev–Trinajstić information content (AvgIpc) is 2.49. The number of aliphatic imine (C=N–C) groups is 1. The predicted molar refractivity (Wildman–Crippen MR) is 88.5 cm³/mol. The van der Waals surface area contributed by atoms with Crippen LogP contribution in [0, 0.1) is 0 Å². The van der Waals surface area contributed by atoms with E-state index in [0.717, 1.165) is 11.4 Å². The SMILES string of the molecule is CC(=O)N(C=C=C=Nc1ccccc1)c1ccccc1.Cl. The van der Waals surface area contributed by atoms with Gasteiger partial charge in [-0.25, -0.2) is 0 Å². The van der Waals surface area contributed by atoms with E-state index in [9.17, 15) is 4.79 Å². The van der Waals surface area contributed by atoms with Crippen LogP contribution in [0.25, 0.3) is 0 Å². The van der Waals surface area contributed by atoms with Crippen LogP contribution in [0.4, 0.5) is 11.4 Å². The van der Waals surface area contributed by atoms with E-state index in [1.807, 2.05) is 60.7 Å². The molecule has 21 heavy (non-hydrogen) atoms. The third kappa shape index (κ3) is 5.13. The van der Waals surface area contributed by atoms with Crippen LogP contribution in [-0.2, 0) is 4.79 Å². The van der Waals surface area contributed by atoms with Gasteiger partial charge in [0, 0.05) is 18.5 Å². The molecule has 2 rings (SSSR count). The lowest BCUT2D eigenvalue weighted by Gasteiger charge is -2.14. The molecule has 0 spiro atoms. The molecular formula is C17H15ClN2O. The Morgan fingerprint density at radius 2 is 1.62 bits per heavy atom. The minimum absolute atomic E-state index is 0. The molecule has 0 aliphatic heterocycles. The summed E-state index contributed by atoms with van der Waals surface area (Å²) in [6.45, 7) is 1.50. The van der Waals surface area contributed by atoms with Gasteiger partial charge in [0.1, 0.15) is 0 Å². The number of anilines is 1. The lowest BCUT2D eigenvalue weighted by molar-refractivity contribution is -0.115. The first-order chi connectivity index (χ1) is 9.77. The zero-order valence-corrected chi connectivity index (χ0v) is 12.4. The number of amides is 1. The first-order valence-corrected chi connectivity index (χ1v) is 6.22. The molecular weight excluding hydrogens is 284 g/mol. The van der Waals surface area contributed by atoms with Crippen molar-refractivity contribution < 1.29 is 4.79 Å². The second-order valence-corrected chi connectivity index (χ2v) is 4.06. The second-order valence-electron chi connectivity index (χ2n) is 4.06. The highest BCUT2D eigenvalue weighted by molar-refractivity contribution is 5.93. The van der Waals surface area contributed by atoms with Gasteiger partial charge in [-0.05, 0) is 30.0 Å². The summed E-state index contributed by atoms with van der Waals surface area (Å²) in [7, 11) is 0. The molecule has 0 heterocycles. The molecule has 0 atom stereocenters. The molecule has 0 fully saturated rings. The molecule has 0 aliphatic rings. The molecule has 0 N–H and O–H groups in total. The van der Waals surface area contributed by atoms with E-state index in [2.05, 4.69) is 16.6 Å². The Hall–Kier alpha value is -2.57. The standard InChI is InChI=1S/C17H14N2O.ClH/c1-15(20)19(17-11-6-3-7-12-17)14-8-13-18-16-9-4-2-5-10-16;/h2-7,9-12,14H,1H3;1H. The van der Waals surface area contributed by atoms with Gasteiger partial charge in [-0.15, -0.1) is 12.4 Å². The van der Waals surface area contributed by atoms with E-state index >= 15 is 0 Å². The van der Waals surface area contributed by atoms with E-state index in [1.54, 1.807) is 0 Å². The Balaban J connectivity index is 0.00000220. The number of carbonyl (C=O) groups is 1.